The highest BCUT2D eigenvalue weighted by atomic mass is 35.5. The Morgan fingerprint density at radius 2 is 2.23 bits per heavy atom. The highest BCUT2D eigenvalue weighted by Gasteiger charge is 2.26. The van der Waals surface area contributed by atoms with E-state index < -0.39 is 0 Å². The van der Waals surface area contributed by atoms with E-state index in [0.717, 1.165) is 24.2 Å². The van der Waals surface area contributed by atoms with Crippen molar-refractivity contribution >= 4 is 40.4 Å². The molecule has 1 fully saturated rings. The largest absolute Gasteiger partial charge is 0.349 e. The Hall–Kier alpha value is -0.320. The van der Waals surface area contributed by atoms with E-state index in [1.165, 1.54) is 0 Å². The predicted molar refractivity (Wildman–Crippen MR) is 52.6 cm³/mol. The second kappa shape index (κ2) is 3.44. The molecule has 0 spiro atoms. The van der Waals surface area contributed by atoms with Gasteiger partial charge in [-0.2, -0.15) is 0 Å². The summed E-state index contributed by atoms with van der Waals surface area (Å²) in [7, 11) is 0. The van der Waals surface area contributed by atoms with Crippen molar-refractivity contribution in [2.24, 2.45) is 0 Å². The Labute approximate surface area is 89.1 Å². The van der Waals surface area contributed by atoms with Gasteiger partial charge in [-0.15, -0.1) is 0 Å². The summed E-state index contributed by atoms with van der Waals surface area (Å²) >= 11 is 12.4. The van der Waals surface area contributed by atoms with Crippen LogP contribution in [0.2, 0.25) is 9.62 Å². The Balaban J connectivity index is 2.13. The molecular weight excluding hydrogens is 231 g/mol. The lowest BCUT2D eigenvalue weighted by molar-refractivity contribution is 0.0955. The molecule has 2 rings (SSSR count). The first-order valence-electron chi connectivity index (χ1n) is 3.79. The van der Waals surface area contributed by atoms with Gasteiger partial charge in [-0.3, -0.25) is 4.79 Å². The van der Waals surface area contributed by atoms with Gasteiger partial charge in [0.05, 0.1) is 0 Å². The maximum atomic E-state index is 11.4. The number of nitrogens with one attached hydrogen (secondary N) is 1. The molecule has 70 valence electrons. The number of hydrogen-bond donors (Lipinski definition) is 1. The molecule has 1 heterocycles. The lowest BCUT2D eigenvalue weighted by Gasteiger charge is -1.98. The molecule has 13 heavy (non-hydrogen) atoms. The Kier molecular flexibility index (Phi) is 2.45. The summed E-state index contributed by atoms with van der Waals surface area (Å²) < 4.78 is 0.297. The highest BCUT2D eigenvalue weighted by molar-refractivity contribution is 7.18. The molecule has 0 saturated heterocycles. The summed E-state index contributed by atoms with van der Waals surface area (Å²) in [6, 6.07) is 0.324. The van der Waals surface area contributed by atoms with Crippen LogP contribution in [-0.2, 0) is 0 Å². The molecule has 0 atom stereocenters. The number of halogens is 2. The average molecular weight is 237 g/mol. The summed E-state index contributed by atoms with van der Waals surface area (Å²) in [4.78, 5) is 15.6. The van der Waals surface area contributed by atoms with Crippen LogP contribution >= 0.6 is 34.5 Å². The minimum atomic E-state index is -0.170. The second-order valence-electron chi connectivity index (χ2n) is 2.83. The number of carbonyl (C=O) groups excluding carboxylic acids is 1. The standard InChI is InChI=1S/C7H6Cl2N2OS/c8-5-4(13-7(9)11-5)6(12)10-3-1-2-3/h3H,1-2H2,(H,10,12). The van der Waals surface area contributed by atoms with Crippen molar-refractivity contribution in [1.29, 1.82) is 0 Å². The van der Waals surface area contributed by atoms with Crippen molar-refractivity contribution in [3.05, 3.63) is 14.5 Å². The smallest absolute Gasteiger partial charge is 0.264 e. The van der Waals surface area contributed by atoms with Crippen molar-refractivity contribution in [1.82, 2.24) is 10.3 Å². The van der Waals surface area contributed by atoms with E-state index in [0.29, 0.717) is 15.4 Å². The molecule has 3 nitrogen and oxygen atoms in total. The van der Waals surface area contributed by atoms with Gasteiger partial charge in [-0.25, -0.2) is 4.98 Å². The molecule has 0 aliphatic heterocycles. The van der Waals surface area contributed by atoms with E-state index in [4.69, 9.17) is 23.2 Å². The molecule has 1 saturated carbocycles. The van der Waals surface area contributed by atoms with Crippen molar-refractivity contribution in [2.75, 3.05) is 0 Å². The molecule has 1 aliphatic rings. The van der Waals surface area contributed by atoms with Crippen LogP contribution in [0.4, 0.5) is 0 Å². The summed E-state index contributed by atoms with van der Waals surface area (Å²) in [6.45, 7) is 0. The van der Waals surface area contributed by atoms with Crippen LogP contribution in [0.1, 0.15) is 22.5 Å². The van der Waals surface area contributed by atoms with Gasteiger partial charge >= 0.3 is 0 Å². The summed E-state index contributed by atoms with van der Waals surface area (Å²) in [6.07, 6.45) is 2.10. The van der Waals surface area contributed by atoms with Crippen LogP contribution in [0.3, 0.4) is 0 Å². The van der Waals surface area contributed by atoms with E-state index in [1.807, 2.05) is 0 Å². The monoisotopic (exact) mass is 236 g/mol. The van der Waals surface area contributed by atoms with Crippen molar-refractivity contribution in [3.63, 3.8) is 0 Å². The molecule has 1 amide bonds. The first-order valence-corrected chi connectivity index (χ1v) is 5.37. The average Bonchev–Trinajstić information content (AvgIpc) is 2.77. The molecule has 1 aromatic rings. The molecule has 0 aromatic carbocycles. The number of amides is 1. The molecule has 0 bridgehead atoms. The zero-order valence-electron chi connectivity index (χ0n) is 6.51. The topological polar surface area (TPSA) is 42.0 Å². The zero-order chi connectivity index (χ0) is 9.42. The molecule has 1 aliphatic carbocycles. The maximum absolute atomic E-state index is 11.4. The van der Waals surface area contributed by atoms with E-state index in [9.17, 15) is 4.79 Å². The summed E-state index contributed by atoms with van der Waals surface area (Å²) in [5.74, 6) is -0.170. The second-order valence-corrected chi connectivity index (χ2v) is 4.77. The molecule has 0 radical (unpaired) electrons. The third-order valence-electron chi connectivity index (χ3n) is 1.68. The van der Waals surface area contributed by atoms with Gasteiger partial charge in [0.2, 0.25) is 0 Å². The normalized spacial score (nSPS) is 15.8. The third kappa shape index (κ3) is 2.13. The zero-order valence-corrected chi connectivity index (χ0v) is 8.84. The SMILES string of the molecule is O=C(NC1CC1)c1sc(Cl)nc1Cl. The number of nitrogens with zero attached hydrogens (tertiary/aromatic N) is 1. The van der Waals surface area contributed by atoms with Gasteiger partial charge in [0.25, 0.3) is 5.91 Å². The molecule has 6 heteroatoms. The minimum absolute atomic E-state index is 0.170. The fourth-order valence-corrected chi connectivity index (χ4v) is 2.18. The van der Waals surface area contributed by atoms with Crippen molar-refractivity contribution in [2.45, 2.75) is 18.9 Å². The van der Waals surface area contributed by atoms with Crippen LogP contribution in [0.5, 0.6) is 0 Å². The number of hydrogen-bond acceptors (Lipinski definition) is 3. The van der Waals surface area contributed by atoms with Gasteiger partial charge in [0.15, 0.2) is 9.62 Å². The van der Waals surface area contributed by atoms with Crippen LogP contribution in [0.25, 0.3) is 0 Å². The fourth-order valence-electron chi connectivity index (χ4n) is 0.896. The predicted octanol–water partition coefficient (Wildman–Crippen LogP) is 2.34. The molecule has 1 aromatic heterocycles. The van der Waals surface area contributed by atoms with Crippen molar-refractivity contribution in [3.8, 4) is 0 Å². The van der Waals surface area contributed by atoms with E-state index in [1.54, 1.807) is 0 Å². The van der Waals surface area contributed by atoms with Gasteiger partial charge in [0, 0.05) is 6.04 Å². The molecular formula is C7H6Cl2N2OS. The van der Waals surface area contributed by atoms with E-state index >= 15 is 0 Å². The number of thiazole rings is 1. The Morgan fingerprint density at radius 1 is 1.54 bits per heavy atom. The van der Waals surface area contributed by atoms with Gasteiger partial charge in [-0.05, 0) is 12.8 Å². The van der Waals surface area contributed by atoms with Crippen LogP contribution in [0.15, 0.2) is 0 Å². The lowest BCUT2D eigenvalue weighted by atomic mass is 10.5. The van der Waals surface area contributed by atoms with E-state index in [-0.39, 0.29) is 11.1 Å². The maximum Gasteiger partial charge on any atom is 0.264 e. The summed E-state index contributed by atoms with van der Waals surface area (Å²) in [5.41, 5.74) is 0. The first kappa shape index (κ1) is 9.24. The van der Waals surface area contributed by atoms with Gasteiger partial charge in [0.1, 0.15) is 4.88 Å². The number of aromatic nitrogens is 1. The Bertz CT molecular complexity index is 348. The first-order chi connectivity index (χ1) is 6.16. The fraction of sp³-hybridized carbons (Fsp3) is 0.429. The highest BCUT2D eigenvalue weighted by Crippen LogP contribution is 2.27. The van der Waals surface area contributed by atoms with Gasteiger partial charge < -0.3 is 5.32 Å². The minimum Gasteiger partial charge on any atom is -0.349 e. The van der Waals surface area contributed by atoms with Gasteiger partial charge in [-0.1, -0.05) is 34.5 Å². The lowest BCUT2D eigenvalue weighted by Crippen LogP contribution is -2.24. The quantitative estimate of drug-likeness (QED) is 0.857. The van der Waals surface area contributed by atoms with Crippen LogP contribution < -0.4 is 5.32 Å². The molecule has 0 unspecified atom stereocenters. The summed E-state index contributed by atoms with van der Waals surface area (Å²) in [5, 5.41) is 3.00. The number of rotatable bonds is 2. The van der Waals surface area contributed by atoms with E-state index in [2.05, 4.69) is 10.3 Å². The van der Waals surface area contributed by atoms with Crippen LogP contribution in [0, 0.1) is 0 Å². The number of carbonyl (C=O) groups is 1. The molecule has 1 N–H and O–H groups in total. The Morgan fingerprint density at radius 3 is 2.69 bits per heavy atom. The van der Waals surface area contributed by atoms with Crippen LogP contribution in [-0.4, -0.2) is 16.9 Å². The third-order valence-corrected chi connectivity index (χ3v) is 3.22. The van der Waals surface area contributed by atoms with Crippen molar-refractivity contribution < 1.29 is 4.79 Å².